The minimum absolute atomic E-state index is 0.0712. The molecule has 0 aromatic carbocycles. The highest BCUT2D eigenvalue weighted by Crippen LogP contribution is 1.95. The van der Waals surface area contributed by atoms with E-state index in [0.29, 0.717) is 13.2 Å². The molecule has 0 bridgehead atoms. The Bertz CT molecular complexity index is 298. The van der Waals surface area contributed by atoms with Crippen molar-refractivity contribution in [1.29, 1.82) is 0 Å². The Kier molecular flexibility index (Phi) is 9.64. The van der Waals surface area contributed by atoms with E-state index in [2.05, 4.69) is 0 Å². The average molecular weight is 276 g/mol. The average Bonchev–Trinajstić information content (AvgIpc) is 2.34. The predicted molar refractivity (Wildman–Crippen MR) is 64.7 cm³/mol. The minimum atomic E-state index is -1.54. The highest BCUT2D eigenvalue weighted by molar-refractivity contribution is 6.32. The van der Waals surface area contributed by atoms with Crippen molar-refractivity contribution in [2.75, 3.05) is 26.4 Å². The smallest absolute Gasteiger partial charge is 0.372 e. The van der Waals surface area contributed by atoms with E-state index >= 15 is 0 Å². The Morgan fingerprint density at radius 2 is 1.63 bits per heavy atom. The number of ketones is 1. The third kappa shape index (κ3) is 11.4. The van der Waals surface area contributed by atoms with Crippen LogP contribution in [0.1, 0.15) is 26.7 Å². The van der Waals surface area contributed by atoms with Gasteiger partial charge in [0.1, 0.15) is 6.61 Å². The van der Waals surface area contributed by atoms with Gasteiger partial charge in [-0.2, -0.15) is 0 Å². The Morgan fingerprint density at radius 1 is 1.00 bits per heavy atom. The van der Waals surface area contributed by atoms with Gasteiger partial charge in [0.25, 0.3) is 0 Å². The molecule has 1 N–H and O–H groups in total. The molecule has 0 saturated carbocycles. The zero-order valence-corrected chi connectivity index (χ0v) is 11.2. The fourth-order valence-corrected chi connectivity index (χ4v) is 1.05. The molecule has 7 heteroatoms. The number of esters is 1. The summed E-state index contributed by atoms with van der Waals surface area (Å²) in [5.74, 6) is -3.16. The van der Waals surface area contributed by atoms with Gasteiger partial charge in [0.2, 0.25) is 5.78 Å². The van der Waals surface area contributed by atoms with Crippen LogP contribution in [-0.2, 0) is 28.6 Å². The first-order chi connectivity index (χ1) is 8.93. The highest BCUT2D eigenvalue weighted by Gasteiger charge is 2.13. The molecule has 0 unspecified atom stereocenters. The van der Waals surface area contributed by atoms with Gasteiger partial charge in [-0.1, -0.05) is 0 Å². The Hall–Kier alpha value is -1.47. The van der Waals surface area contributed by atoms with Crippen LogP contribution in [0.3, 0.4) is 0 Å². The number of carbonyl (C=O) groups excluding carboxylic acids is 2. The zero-order chi connectivity index (χ0) is 14.7. The van der Waals surface area contributed by atoms with Crippen LogP contribution in [-0.4, -0.2) is 55.4 Å². The maximum absolute atomic E-state index is 11.1. The van der Waals surface area contributed by atoms with Gasteiger partial charge < -0.3 is 19.3 Å². The first-order valence-corrected chi connectivity index (χ1v) is 6.04. The van der Waals surface area contributed by atoms with Gasteiger partial charge in [-0.3, -0.25) is 9.59 Å². The van der Waals surface area contributed by atoms with Gasteiger partial charge in [-0.15, -0.1) is 0 Å². The predicted octanol–water partition coefficient (Wildman–Crippen LogP) is 0.405. The van der Waals surface area contributed by atoms with Crippen molar-refractivity contribution < 1.29 is 33.7 Å². The molecule has 7 nitrogen and oxygen atoms in total. The summed E-state index contributed by atoms with van der Waals surface area (Å²) in [4.78, 5) is 32.0. The summed E-state index contributed by atoms with van der Waals surface area (Å²) in [6.45, 7) is 5.02. The van der Waals surface area contributed by atoms with Gasteiger partial charge >= 0.3 is 11.9 Å². The van der Waals surface area contributed by atoms with Crippen molar-refractivity contribution in [2.24, 2.45) is 0 Å². The van der Waals surface area contributed by atoms with Gasteiger partial charge in [0.05, 0.1) is 32.3 Å². The zero-order valence-electron chi connectivity index (χ0n) is 11.2. The molecular weight excluding hydrogens is 256 g/mol. The molecule has 0 amide bonds. The van der Waals surface area contributed by atoms with Crippen molar-refractivity contribution in [3.63, 3.8) is 0 Å². The van der Waals surface area contributed by atoms with Gasteiger partial charge in [-0.05, 0) is 13.8 Å². The summed E-state index contributed by atoms with van der Waals surface area (Å²) < 4.78 is 15.1. The molecular formula is C12H20O7. The van der Waals surface area contributed by atoms with Gasteiger partial charge in [0.15, 0.2) is 0 Å². The highest BCUT2D eigenvalue weighted by atomic mass is 16.6. The van der Waals surface area contributed by atoms with E-state index in [1.54, 1.807) is 0 Å². The quantitative estimate of drug-likeness (QED) is 0.331. The largest absolute Gasteiger partial charge is 0.476 e. The molecule has 0 saturated heterocycles. The van der Waals surface area contributed by atoms with E-state index < -0.39 is 17.7 Å². The number of aliphatic carboxylic acids is 1. The standard InChI is InChI=1S/C12H20O7/c1-9(2)18-7-5-17-6-8-19-11(14)4-3-10(13)12(15)16/h9H,3-8H2,1-2H3,(H,15,16). The molecule has 0 radical (unpaired) electrons. The van der Waals surface area contributed by atoms with Crippen LogP contribution < -0.4 is 0 Å². The fourth-order valence-electron chi connectivity index (χ4n) is 1.05. The van der Waals surface area contributed by atoms with Gasteiger partial charge in [0, 0.05) is 6.42 Å². The number of Topliss-reactive ketones (excluding diaryl/α,β-unsaturated/α-hetero) is 1. The summed E-state index contributed by atoms with van der Waals surface area (Å²) in [5, 5.41) is 8.30. The number of rotatable bonds is 11. The fraction of sp³-hybridized carbons (Fsp3) is 0.750. The molecule has 0 heterocycles. The van der Waals surface area contributed by atoms with Crippen molar-refractivity contribution >= 4 is 17.7 Å². The lowest BCUT2D eigenvalue weighted by Crippen LogP contribution is -2.17. The molecule has 0 aliphatic rings. The lowest BCUT2D eigenvalue weighted by atomic mass is 10.2. The van der Waals surface area contributed by atoms with Crippen molar-refractivity contribution in [2.45, 2.75) is 32.8 Å². The molecule has 110 valence electrons. The molecule has 0 aromatic rings. The lowest BCUT2D eigenvalue weighted by Gasteiger charge is -2.08. The van der Waals surface area contributed by atoms with Crippen LogP contribution in [0.4, 0.5) is 0 Å². The molecule has 19 heavy (non-hydrogen) atoms. The maximum Gasteiger partial charge on any atom is 0.372 e. The van der Waals surface area contributed by atoms with Crippen LogP contribution in [0.5, 0.6) is 0 Å². The molecule has 0 aliphatic carbocycles. The maximum atomic E-state index is 11.1. The van der Waals surface area contributed by atoms with E-state index in [-0.39, 0.29) is 32.2 Å². The second kappa shape index (κ2) is 10.5. The van der Waals surface area contributed by atoms with Crippen LogP contribution in [0.2, 0.25) is 0 Å². The van der Waals surface area contributed by atoms with Crippen molar-refractivity contribution in [3.8, 4) is 0 Å². The van der Waals surface area contributed by atoms with Crippen molar-refractivity contribution in [3.05, 3.63) is 0 Å². The monoisotopic (exact) mass is 276 g/mol. The lowest BCUT2D eigenvalue weighted by molar-refractivity contribution is -0.151. The normalized spacial score (nSPS) is 10.5. The first kappa shape index (κ1) is 17.5. The molecule has 0 aliphatic heterocycles. The van der Waals surface area contributed by atoms with Crippen LogP contribution >= 0.6 is 0 Å². The topological polar surface area (TPSA) is 99.1 Å². The number of hydrogen-bond donors (Lipinski definition) is 1. The summed E-state index contributed by atoms with van der Waals surface area (Å²) in [7, 11) is 0. The first-order valence-electron chi connectivity index (χ1n) is 6.04. The third-order valence-corrected chi connectivity index (χ3v) is 1.96. The Labute approximate surface area is 111 Å². The summed E-state index contributed by atoms with van der Waals surface area (Å²) in [5.41, 5.74) is 0. The van der Waals surface area contributed by atoms with E-state index in [0.717, 1.165) is 0 Å². The number of hydrogen-bond acceptors (Lipinski definition) is 6. The second-order valence-corrected chi connectivity index (χ2v) is 3.98. The van der Waals surface area contributed by atoms with Crippen LogP contribution in [0, 0.1) is 0 Å². The summed E-state index contributed by atoms with van der Waals surface area (Å²) in [6.07, 6.45) is -0.438. The van der Waals surface area contributed by atoms with E-state index in [4.69, 9.17) is 19.3 Å². The Morgan fingerprint density at radius 3 is 2.21 bits per heavy atom. The molecule has 0 aromatic heterocycles. The number of carboxylic acid groups (broad SMARTS) is 1. The van der Waals surface area contributed by atoms with E-state index in [9.17, 15) is 14.4 Å². The van der Waals surface area contributed by atoms with E-state index in [1.807, 2.05) is 13.8 Å². The van der Waals surface area contributed by atoms with Crippen LogP contribution in [0.15, 0.2) is 0 Å². The minimum Gasteiger partial charge on any atom is -0.476 e. The number of ether oxygens (including phenoxy) is 3. The SMILES string of the molecule is CC(C)OCCOCCOC(=O)CCC(=O)C(=O)O. The number of carboxylic acids is 1. The second-order valence-electron chi connectivity index (χ2n) is 3.98. The van der Waals surface area contributed by atoms with Crippen LogP contribution in [0.25, 0.3) is 0 Å². The Balaban J connectivity index is 3.39. The van der Waals surface area contributed by atoms with Crippen molar-refractivity contribution in [1.82, 2.24) is 0 Å². The third-order valence-electron chi connectivity index (χ3n) is 1.96. The summed E-state index contributed by atoms with van der Waals surface area (Å²) >= 11 is 0. The summed E-state index contributed by atoms with van der Waals surface area (Å²) in [6, 6.07) is 0. The van der Waals surface area contributed by atoms with Gasteiger partial charge in [-0.25, -0.2) is 4.79 Å². The van der Waals surface area contributed by atoms with E-state index in [1.165, 1.54) is 0 Å². The molecule has 0 fully saturated rings. The molecule has 0 spiro atoms. The molecule has 0 atom stereocenters. The number of carbonyl (C=O) groups is 3. The molecule has 0 rings (SSSR count).